The SMILES string of the molecule is CC(C)CN(CC/C(N)=N/O)C(=O)c1ccc(O)cc1F. The normalized spacial score (nSPS) is 11.7. The molecule has 0 heterocycles. The maximum Gasteiger partial charge on any atom is 0.256 e. The maximum atomic E-state index is 13.8. The van der Waals surface area contributed by atoms with Crippen LogP contribution in [0.5, 0.6) is 5.75 Å². The molecule has 1 aromatic carbocycles. The minimum Gasteiger partial charge on any atom is -0.508 e. The topological polar surface area (TPSA) is 99.1 Å². The summed E-state index contributed by atoms with van der Waals surface area (Å²) >= 11 is 0. The highest BCUT2D eigenvalue weighted by atomic mass is 19.1. The van der Waals surface area contributed by atoms with Crippen LogP contribution >= 0.6 is 0 Å². The van der Waals surface area contributed by atoms with Crippen LogP contribution < -0.4 is 5.73 Å². The van der Waals surface area contributed by atoms with E-state index in [1.54, 1.807) is 0 Å². The predicted molar refractivity (Wildman–Crippen MR) is 76.8 cm³/mol. The third kappa shape index (κ3) is 4.94. The van der Waals surface area contributed by atoms with Crippen molar-refractivity contribution in [3.8, 4) is 5.75 Å². The molecule has 0 aliphatic carbocycles. The zero-order chi connectivity index (χ0) is 16.0. The fourth-order valence-electron chi connectivity index (χ4n) is 1.86. The van der Waals surface area contributed by atoms with E-state index in [0.717, 1.165) is 6.07 Å². The van der Waals surface area contributed by atoms with Crippen molar-refractivity contribution < 1.29 is 19.5 Å². The molecule has 0 unspecified atom stereocenters. The second-order valence-electron chi connectivity index (χ2n) is 5.15. The van der Waals surface area contributed by atoms with Crippen molar-refractivity contribution in [1.82, 2.24) is 4.90 Å². The Kier molecular flexibility index (Phi) is 5.95. The number of phenols is 1. The van der Waals surface area contributed by atoms with E-state index in [1.165, 1.54) is 17.0 Å². The van der Waals surface area contributed by atoms with Gasteiger partial charge in [0.15, 0.2) is 0 Å². The molecule has 116 valence electrons. The van der Waals surface area contributed by atoms with Crippen molar-refractivity contribution >= 4 is 11.7 Å². The van der Waals surface area contributed by atoms with Gasteiger partial charge in [0.05, 0.1) is 5.56 Å². The highest BCUT2D eigenvalue weighted by molar-refractivity contribution is 5.95. The minimum atomic E-state index is -0.780. The van der Waals surface area contributed by atoms with Gasteiger partial charge in [0.25, 0.3) is 5.91 Å². The lowest BCUT2D eigenvalue weighted by Crippen LogP contribution is -2.37. The molecule has 6 nitrogen and oxygen atoms in total. The van der Waals surface area contributed by atoms with Crippen molar-refractivity contribution in [2.24, 2.45) is 16.8 Å². The number of nitrogens with two attached hydrogens (primary N) is 1. The van der Waals surface area contributed by atoms with E-state index in [9.17, 15) is 14.3 Å². The number of rotatable bonds is 6. The average Bonchev–Trinajstić information content (AvgIpc) is 2.42. The summed E-state index contributed by atoms with van der Waals surface area (Å²) in [6.45, 7) is 4.49. The fraction of sp³-hybridized carbons (Fsp3) is 0.429. The van der Waals surface area contributed by atoms with Gasteiger partial charge in [0, 0.05) is 25.6 Å². The van der Waals surface area contributed by atoms with Crippen LogP contribution in [0.25, 0.3) is 0 Å². The van der Waals surface area contributed by atoms with Gasteiger partial charge >= 0.3 is 0 Å². The molecule has 0 aromatic heterocycles. The number of carbonyl (C=O) groups is 1. The second-order valence-corrected chi connectivity index (χ2v) is 5.15. The molecule has 0 atom stereocenters. The van der Waals surface area contributed by atoms with Gasteiger partial charge < -0.3 is 20.9 Å². The number of benzene rings is 1. The van der Waals surface area contributed by atoms with Gasteiger partial charge in [-0.15, -0.1) is 0 Å². The van der Waals surface area contributed by atoms with Gasteiger partial charge in [-0.25, -0.2) is 4.39 Å². The van der Waals surface area contributed by atoms with Crippen LogP contribution in [0.1, 0.15) is 30.6 Å². The van der Waals surface area contributed by atoms with Gasteiger partial charge in [-0.05, 0) is 18.1 Å². The van der Waals surface area contributed by atoms with Crippen molar-refractivity contribution in [3.05, 3.63) is 29.6 Å². The van der Waals surface area contributed by atoms with Crippen molar-refractivity contribution in [3.63, 3.8) is 0 Å². The van der Waals surface area contributed by atoms with Crippen LogP contribution in [-0.2, 0) is 0 Å². The van der Waals surface area contributed by atoms with Crippen LogP contribution in [0.2, 0.25) is 0 Å². The number of aromatic hydroxyl groups is 1. The minimum absolute atomic E-state index is 0.00253. The van der Waals surface area contributed by atoms with Crippen LogP contribution in [0.15, 0.2) is 23.4 Å². The first kappa shape index (κ1) is 16.7. The Balaban J connectivity index is 2.93. The summed E-state index contributed by atoms with van der Waals surface area (Å²) in [6.07, 6.45) is 0.189. The third-order valence-electron chi connectivity index (χ3n) is 2.82. The summed E-state index contributed by atoms with van der Waals surface area (Å²) in [6, 6.07) is 3.39. The summed E-state index contributed by atoms with van der Waals surface area (Å²) in [5, 5.41) is 20.6. The second kappa shape index (κ2) is 7.47. The molecule has 0 fully saturated rings. The zero-order valence-electron chi connectivity index (χ0n) is 12.1. The number of phenolic OH excluding ortho intramolecular Hbond substituents is 1. The number of carbonyl (C=O) groups excluding carboxylic acids is 1. The molecule has 0 aliphatic rings. The van der Waals surface area contributed by atoms with E-state index in [4.69, 9.17) is 10.9 Å². The molecule has 0 radical (unpaired) electrons. The maximum absolute atomic E-state index is 13.8. The first-order chi connectivity index (χ1) is 9.85. The lowest BCUT2D eigenvalue weighted by atomic mass is 10.1. The number of amidine groups is 1. The summed E-state index contributed by atoms with van der Waals surface area (Å²) in [5.74, 6) is -1.33. The van der Waals surface area contributed by atoms with Crippen molar-refractivity contribution in [2.45, 2.75) is 20.3 Å². The van der Waals surface area contributed by atoms with E-state index in [-0.39, 0.29) is 36.0 Å². The van der Waals surface area contributed by atoms with Crippen LogP contribution in [-0.4, -0.2) is 40.0 Å². The highest BCUT2D eigenvalue weighted by Gasteiger charge is 2.20. The molecule has 1 amide bonds. The standard InChI is InChI=1S/C14H20FN3O3/c1-9(2)8-18(6-5-13(16)17-21)14(20)11-4-3-10(19)7-12(11)15/h3-4,7,9,19,21H,5-6,8H2,1-2H3,(H2,16,17). The average molecular weight is 297 g/mol. The quantitative estimate of drug-likeness (QED) is 0.322. The number of hydrogen-bond acceptors (Lipinski definition) is 4. The largest absolute Gasteiger partial charge is 0.508 e. The lowest BCUT2D eigenvalue weighted by molar-refractivity contribution is 0.0736. The van der Waals surface area contributed by atoms with Gasteiger partial charge in [-0.3, -0.25) is 4.79 Å². The molecule has 1 rings (SSSR count). The first-order valence-corrected chi connectivity index (χ1v) is 6.59. The fourth-order valence-corrected chi connectivity index (χ4v) is 1.86. The molecule has 21 heavy (non-hydrogen) atoms. The van der Waals surface area contributed by atoms with E-state index < -0.39 is 11.7 Å². The molecule has 4 N–H and O–H groups in total. The molecule has 0 bridgehead atoms. The molecular formula is C14H20FN3O3. The highest BCUT2D eigenvalue weighted by Crippen LogP contribution is 2.17. The summed E-state index contributed by atoms with van der Waals surface area (Å²) < 4.78 is 13.8. The van der Waals surface area contributed by atoms with Gasteiger partial charge in [-0.2, -0.15) is 0 Å². The molecular weight excluding hydrogens is 277 g/mol. The van der Waals surface area contributed by atoms with E-state index >= 15 is 0 Å². The van der Waals surface area contributed by atoms with E-state index in [1.807, 2.05) is 13.8 Å². The first-order valence-electron chi connectivity index (χ1n) is 6.59. The Labute approximate surface area is 122 Å². The smallest absolute Gasteiger partial charge is 0.256 e. The Bertz CT molecular complexity index is 532. The Hall–Kier alpha value is -2.31. The summed E-state index contributed by atoms with van der Waals surface area (Å²) in [4.78, 5) is 13.8. The molecule has 1 aromatic rings. The number of oxime groups is 1. The van der Waals surface area contributed by atoms with Gasteiger partial charge in [0.1, 0.15) is 17.4 Å². The zero-order valence-corrected chi connectivity index (χ0v) is 12.1. The summed E-state index contributed by atoms with van der Waals surface area (Å²) in [5.41, 5.74) is 5.28. The van der Waals surface area contributed by atoms with Gasteiger partial charge in [0.2, 0.25) is 0 Å². The summed E-state index contributed by atoms with van der Waals surface area (Å²) in [7, 11) is 0. The van der Waals surface area contributed by atoms with E-state index in [0.29, 0.717) is 6.54 Å². The number of halogens is 1. The third-order valence-corrected chi connectivity index (χ3v) is 2.82. The predicted octanol–water partition coefficient (Wildman–Crippen LogP) is 1.77. The van der Waals surface area contributed by atoms with Gasteiger partial charge in [-0.1, -0.05) is 19.0 Å². The van der Waals surface area contributed by atoms with Crippen LogP contribution in [0, 0.1) is 11.7 Å². The number of hydrogen-bond donors (Lipinski definition) is 3. The number of amides is 1. The Morgan fingerprint density at radius 3 is 2.67 bits per heavy atom. The molecule has 0 saturated heterocycles. The molecule has 0 aliphatic heterocycles. The molecule has 0 spiro atoms. The van der Waals surface area contributed by atoms with Crippen molar-refractivity contribution in [2.75, 3.05) is 13.1 Å². The molecule has 7 heteroatoms. The van der Waals surface area contributed by atoms with Crippen LogP contribution in [0.4, 0.5) is 4.39 Å². The Morgan fingerprint density at radius 1 is 1.48 bits per heavy atom. The Morgan fingerprint density at radius 2 is 2.14 bits per heavy atom. The molecule has 0 saturated carbocycles. The van der Waals surface area contributed by atoms with Crippen molar-refractivity contribution in [1.29, 1.82) is 0 Å². The van der Waals surface area contributed by atoms with E-state index in [2.05, 4.69) is 5.16 Å². The number of nitrogens with zero attached hydrogens (tertiary/aromatic N) is 2. The lowest BCUT2D eigenvalue weighted by Gasteiger charge is -2.24. The monoisotopic (exact) mass is 297 g/mol. The van der Waals surface area contributed by atoms with Crippen LogP contribution in [0.3, 0.4) is 0 Å².